The third-order valence-electron chi connectivity index (χ3n) is 7.22. The number of nitrogens with zero attached hydrogens (tertiary/aromatic N) is 1. The number of fused-ring (bicyclic) bond motifs is 5. The quantitative estimate of drug-likeness (QED) is 0.446. The van der Waals surface area contributed by atoms with Crippen LogP contribution in [-0.4, -0.2) is 35.9 Å². The number of halogens is 3. The van der Waals surface area contributed by atoms with Crippen molar-refractivity contribution in [2.75, 3.05) is 6.61 Å². The summed E-state index contributed by atoms with van der Waals surface area (Å²) in [6.45, 7) is 0.283. The van der Waals surface area contributed by atoms with Crippen molar-refractivity contribution in [2.45, 2.75) is 69.1 Å². The smallest absolute Gasteiger partial charge is 0.410 e. The van der Waals surface area contributed by atoms with E-state index in [-0.39, 0.29) is 37.1 Å². The molecule has 2 bridgehead atoms. The average molecular weight is 456 g/mol. The summed E-state index contributed by atoms with van der Waals surface area (Å²) in [6, 6.07) is 16.4. The number of carbonyl (C=O) groups excluding carboxylic acids is 1. The van der Waals surface area contributed by atoms with Gasteiger partial charge in [-0.2, -0.15) is 13.2 Å². The van der Waals surface area contributed by atoms with Crippen molar-refractivity contribution in [2.24, 2.45) is 0 Å². The Morgan fingerprint density at radius 2 is 1.67 bits per heavy atom. The Morgan fingerprint density at radius 3 is 2.30 bits per heavy atom. The second kappa shape index (κ2) is 8.88. The molecule has 6 heteroatoms. The third kappa shape index (κ3) is 4.53. The van der Waals surface area contributed by atoms with Gasteiger partial charge in [0.15, 0.2) is 0 Å². The normalized spacial score (nSPS) is 21.9. The lowest BCUT2D eigenvalue weighted by Gasteiger charge is -2.44. The number of alkyl halides is 3. The Hall–Kier alpha value is -2.76. The summed E-state index contributed by atoms with van der Waals surface area (Å²) in [4.78, 5) is 15.0. The first-order chi connectivity index (χ1) is 15.9. The minimum Gasteiger partial charge on any atom is -0.448 e. The maximum Gasteiger partial charge on any atom is 0.410 e. The van der Waals surface area contributed by atoms with Crippen LogP contribution in [0.1, 0.15) is 62.0 Å². The first-order valence-corrected chi connectivity index (χ1v) is 11.8. The van der Waals surface area contributed by atoms with E-state index in [9.17, 15) is 18.0 Å². The van der Waals surface area contributed by atoms with Gasteiger partial charge in [0.05, 0.1) is 6.04 Å². The van der Waals surface area contributed by atoms with Gasteiger partial charge in [-0.1, -0.05) is 60.2 Å². The molecule has 0 saturated carbocycles. The molecule has 5 rings (SSSR count). The molecule has 3 nitrogen and oxygen atoms in total. The lowest BCUT2D eigenvalue weighted by molar-refractivity contribution is -0.135. The molecule has 0 spiro atoms. The first-order valence-electron chi connectivity index (χ1n) is 11.8. The number of benzene rings is 2. The molecule has 2 heterocycles. The van der Waals surface area contributed by atoms with E-state index in [2.05, 4.69) is 24.3 Å². The molecule has 1 saturated heterocycles. The molecule has 33 heavy (non-hydrogen) atoms. The zero-order valence-corrected chi connectivity index (χ0v) is 18.5. The van der Waals surface area contributed by atoms with Gasteiger partial charge in [-0.3, -0.25) is 4.90 Å². The van der Waals surface area contributed by atoms with Crippen LogP contribution in [-0.2, 0) is 4.74 Å². The number of hydrogen-bond donors (Lipinski definition) is 0. The SMILES string of the molecule is O=C(OCC1c2ccccc2-c2ccccc21)N1C2C=C(CCCC(F)(F)F)CC1CCC2. The van der Waals surface area contributed by atoms with Gasteiger partial charge in [0.25, 0.3) is 0 Å². The van der Waals surface area contributed by atoms with Gasteiger partial charge in [-0.15, -0.1) is 0 Å². The van der Waals surface area contributed by atoms with Crippen LogP contribution in [0.5, 0.6) is 0 Å². The summed E-state index contributed by atoms with van der Waals surface area (Å²) in [5, 5.41) is 0. The van der Waals surface area contributed by atoms with Crippen molar-refractivity contribution in [3.63, 3.8) is 0 Å². The van der Waals surface area contributed by atoms with E-state index >= 15 is 0 Å². The van der Waals surface area contributed by atoms with Gasteiger partial charge in [0.1, 0.15) is 6.61 Å². The van der Waals surface area contributed by atoms with Crippen molar-refractivity contribution < 1.29 is 22.7 Å². The van der Waals surface area contributed by atoms with E-state index in [1.54, 1.807) is 0 Å². The monoisotopic (exact) mass is 455 g/mol. The fourth-order valence-electron chi connectivity index (χ4n) is 5.77. The zero-order chi connectivity index (χ0) is 23.0. The Morgan fingerprint density at radius 1 is 1.00 bits per heavy atom. The minimum absolute atomic E-state index is 0.0134. The Labute approximate surface area is 192 Å². The molecule has 3 aliphatic rings. The predicted octanol–water partition coefficient (Wildman–Crippen LogP) is 7.22. The van der Waals surface area contributed by atoms with E-state index in [4.69, 9.17) is 4.74 Å². The molecule has 2 aliphatic heterocycles. The van der Waals surface area contributed by atoms with Crippen molar-refractivity contribution >= 4 is 6.09 Å². The Balaban J connectivity index is 1.26. The van der Waals surface area contributed by atoms with E-state index in [1.165, 1.54) is 22.3 Å². The molecule has 1 fully saturated rings. The summed E-state index contributed by atoms with van der Waals surface area (Å²) in [6.07, 6.45) is 0.790. The molecular weight excluding hydrogens is 427 g/mol. The summed E-state index contributed by atoms with van der Waals surface area (Å²) in [5.41, 5.74) is 5.79. The van der Waals surface area contributed by atoms with Crippen molar-refractivity contribution in [3.8, 4) is 11.1 Å². The van der Waals surface area contributed by atoms with Gasteiger partial charge in [-0.05, 0) is 60.8 Å². The lowest BCUT2D eigenvalue weighted by Crippen LogP contribution is -2.52. The molecule has 0 radical (unpaired) electrons. The molecule has 2 atom stereocenters. The van der Waals surface area contributed by atoms with Crippen LogP contribution < -0.4 is 0 Å². The largest absolute Gasteiger partial charge is 0.448 e. The minimum atomic E-state index is -4.11. The van der Waals surface area contributed by atoms with Crippen LogP contribution in [0.2, 0.25) is 0 Å². The summed E-state index contributed by atoms with van der Waals surface area (Å²) in [5.74, 6) is 0.0134. The predicted molar refractivity (Wildman–Crippen MR) is 121 cm³/mol. The lowest BCUT2D eigenvalue weighted by atomic mass is 9.84. The van der Waals surface area contributed by atoms with Crippen molar-refractivity contribution in [1.29, 1.82) is 0 Å². The van der Waals surface area contributed by atoms with Crippen LogP contribution in [0.25, 0.3) is 11.1 Å². The third-order valence-corrected chi connectivity index (χ3v) is 7.22. The number of carbonyl (C=O) groups is 1. The van der Waals surface area contributed by atoms with Crippen LogP contribution in [0.3, 0.4) is 0 Å². The van der Waals surface area contributed by atoms with Crippen LogP contribution in [0.15, 0.2) is 60.2 Å². The number of amides is 1. The highest BCUT2D eigenvalue weighted by Crippen LogP contribution is 2.45. The topological polar surface area (TPSA) is 29.5 Å². The van der Waals surface area contributed by atoms with E-state index in [0.717, 1.165) is 24.8 Å². The fraction of sp³-hybridized carbons (Fsp3) is 0.444. The summed E-state index contributed by atoms with van der Waals surface area (Å²) < 4.78 is 43.4. The van der Waals surface area contributed by atoms with Gasteiger partial charge in [-0.25, -0.2) is 4.79 Å². The second-order valence-corrected chi connectivity index (χ2v) is 9.36. The Kier molecular flexibility index (Phi) is 5.94. The average Bonchev–Trinajstić information content (AvgIpc) is 3.10. The number of ether oxygens (including phenoxy) is 1. The fourth-order valence-corrected chi connectivity index (χ4v) is 5.77. The molecule has 0 aromatic heterocycles. The number of rotatable bonds is 5. The highest BCUT2D eigenvalue weighted by Gasteiger charge is 2.39. The van der Waals surface area contributed by atoms with E-state index in [0.29, 0.717) is 12.8 Å². The first kappa shape index (κ1) is 22.1. The van der Waals surface area contributed by atoms with E-state index in [1.807, 2.05) is 35.2 Å². The molecule has 2 unspecified atom stereocenters. The van der Waals surface area contributed by atoms with Crippen molar-refractivity contribution in [1.82, 2.24) is 4.90 Å². The highest BCUT2D eigenvalue weighted by atomic mass is 19.4. The standard InChI is InChI=1S/C27H28F3NO2/c28-27(29,30)14-6-7-18-15-19-8-5-9-20(16-18)31(19)26(32)33-17-25-23-12-3-1-10-21(23)22-11-2-4-13-24(22)25/h1-4,10-13,15,19-20,25H,5-9,14,16-17H2. The number of piperidine rings is 1. The van der Waals surface area contributed by atoms with Gasteiger partial charge >= 0.3 is 12.3 Å². The molecule has 2 aromatic rings. The van der Waals surface area contributed by atoms with Crippen LogP contribution >= 0.6 is 0 Å². The zero-order valence-electron chi connectivity index (χ0n) is 18.5. The van der Waals surface area contributed by atoms with Crippen molar-refractivity contribution in [3.05, 3.63) is 71.3 Å². The summed E-state index contributed by atoms with van der Waals surface area (Å²) in [7, 11) is 0. The molecule has 2 aromatic carbocycles. The number of hydrogen-bond acceptors (Lipinski definition) is 2. The maximum absolute atomic E-state index is 13.2. The molecule has 1 amide bonds. The van der Waals surface area contributed by atoms with Gasteiger partial charge in [0.2, 0.25) is 0 Å². The molecule has 1 aliphatic carbocycles. The molecule has 0 N–H and O–H groups in total. The van der Waals surface area contributed by atoms with Crippen LogP contribution in [0, 0.1) is 0 Å². The maximum atomic E-state index is 13.2. The van der Waals surface area contributed by atoms with E-state index < -0.39 is 12.6 Å². The Bertz CT molecular complexity index is 1020. The van der Waals surface area contributed by atoms with Gasteiger partial charge in [0, 0.05) is 18.4 Å². The molecular formula is C27H28F3NO2. The van der Waals surface area contributed by atoms with Crippen LogP contribution in [0.4, 0.5) is 18.0 Å². The van der Waals surface area contributed by atoms with Gasteiger partial charge < -0.3 is 4.74 Å². The molecule has 174 valence electrons. The summed E-state index contributed by atoms with van der Waals surface area (Å²) >= 11 is 0. The highest BCUT2D eigenvalue weighted by molar-refractivity contribution is 5.79. The second-order valence-electron chi connectivity index (χ2n) is 9.36.